The van der Waals surface area contributed by atoms with Crippen molar-refractivity contribution in [3.8, 4) is 5.75 Å². The van der Waals surface area contributed by atoms with Gasteiger partial charge in [-0.1, -0.05) is 26.0 Å². The van der Waals surface area contributed by atoms with E-state index in [0.717, 1.165) is 24.2 Å². The van der Waals surface area contributed by atoms with Crippen LogP contribution in [0.2, 0.25) is 0 Å². The molecule has 0 bridgehead atoms. The monoisotopic (exact) mass is 292 g/mol. The first-order valence-electron chi connectivity index (χ1n) is 7.69. The second-order valence-electron chi connectivity index (χ2n) is 5.84. The van der Waals surface area contributed by atoms with Crippen molar-refractivity contribution in [2.45, 2.75) is 58.6 Å². The van der Waals surface area contributed by atoms with Gasteiger partial charge in [-0.15, -0.1) is 0 Å². The van der Waals surface area contributed by atoms with Crippen LogP contribution >= 0.6 is 0 Å². The van der Waals surface area contributed by atoms with Gasteiger partial charge in [-0.3, -0.25) is 4.79 Å². The number of hydrogen-bond donors (Lipinski definition) is 2. The summed E-state index contributed by atoms with van der Waals surface area (Å²) in [5.74, 6) is 0.791. The average molecular weight is 292 g/mol. The number of hydrogen-bond acceptors (Lipinski definition) is 3. The zero-order valence-electron chi connectivity index (χ0n) is 13.6. The summed E-state index contributed by atoms with van der Waals surface area (Å²) in [4.78, 5) is 12.0. The highest BCUT2D eigenvalue weighted by molar-refractivity contribution is 5.78. The molecule has 0 aromatic heterocycles. The van der Waals surface area contributed by atoms with Crippen molar-refractivity contribution in [3.05, 3.63) is 29.8 Å². The Labute approximate surface area is 128 Å². The molecule has 0 fully saturated rings. The summed E-state index contributed by atoms with van der Waals surface area (Å²) >= 11 is 0. The number of ether oxygens (including phenoxy) is 1. The molecule has 0 saturated heterocycles. The maximum atomic E-state index is 12.0. The summed E-state index contributed by atoms with van der Waals surface area (Å²) in [6, 6.07) is 7.66. The van der Waals surface area contributed by atoms with E-state index in [9.17, 15) is 4.79 Å². The smallest absolute Gasteiger partial charge is 0.224 e. The lowest BCUT2D eigenvalue weighted by Crippen LogP contribution is -2.49. The number of amides is 1. The predicted molar refractivity (Wildman–Crippen MR) is 86.4 cm³/mol. The van der Waals surface area contributed by atoms with Crippen LogP contribution in [0.5, 0.6) is 5.75 Å². The molecule has 21 heavy (non-hydrogen) atoms. The van der Waals surface area contributed by atoms with Crippen molar-refractivity contribution in [1.82, 2.24) is 5.32 Å². The van der Waals surface area contributed by atoms with Crippen LogP contribution in [0.25, 0.3) is 0 Å². The van der Waals surface area contributed by atoms with Crippen LogP contribution in [0.1, 0.15) is 46.1 Å². The number of nitrogens with two attached hydrogens (primary N) is 1. The number of benzene rings is 1. The molecule has 0 aliphatic carbocycles. The summed E-state index contributed by atoms with van der Waals surface area (Å²) in [5.41, 5.74) is 6.82. The standard InChI is InChI=1S/C17H28N2O2/c1-5-17(18,6-2)12-19-16(20)11-14-8-7-9-15(10-14)21-13(3)4/h7-10,13H,5-6,11-12,18H2,1-4H3,(H,19,20). The van der Waals surface area contributed by atoms with Gasteiger partial charge in [-0.05, 0) is 44.4 Å². The van der Waals surface area contributed by atoms with Gasteiger partial charge in [0, 0.05) is 12.1 Å². The highest BCUT2D eigenvalue weighted by atomic mass is 16.5. The van der Waals surface area contributed by atoms with Crippen LogP contribution in [0.4, 0.5) is 0 Å². The molecule has 1 aromatic carbocycles. The lowest BCUT2D eigenvalue weighted by molar-refractivity contribution is -0.120. The van der Waals surface area contributed by atoms with E-state index >= 15 is 0 Å². The number of carbonyl (C=O) groups is 1. The fourth-order valence-electron chi connectivity index (χ4n) is 2.02. The van der Waals surface area contributed by atoms with Gasteiger partial charge >= 0.3 is 0 Å². The molecule has 0 spiro atoms. The first kappa shape index (κ1) is 17.5. The largest absolute Gasteiger partial charge is 0.491 e. The van der Waals surface area contributed by atoms with Gasteiger partial charge in [0.2, 0.25) is 5.91 Å². The van der Waals surface area contributed by atoms with Gasteiger partial charge < -0.3 is 15.8 Å². The van der Waals surface area contributed by atoms with Crippen LogP contribution in [0.15, 0.2) is 24.3 Å². The third-order valence-electron chi connectivity index (χ3n) is 3.68. The third kappa shape index (κ3) is 6.17. The van der Waals surface area contributed by atoms with E-state index in [1.165, 1.54) is 0 Å². The molecule has 1 rings (SSSR count). The second-order valence-corrected chi connectivity index (χ2v) is 5.84. The maximum absolute atomic E-state index is 12.0. The predicted octanol–water partition coefficient (Wildman–Crippen LogP) is 2.65. The Balaban J connectivity index is 2.55. The van der Waals surface area contributed by atoms with Crippen LogP contribution in [-0.2, 0) is 11.2 Å². The van der Waals surface area contributed by atoms with Crippen LogP contribution < -0.4 is 15.8 Å². The first-order valence-corrected chi connectivity index (χ1v) is 7.69. The first-order chi connectivity index (χ1) is 9.88. The Hall–Kier alpha value is -1.55. The summed E-state index contributed by atoms with van der Waals surface area (Å²) in [7, 11) is 0. The highest BCUT2D eigenvalue weighted by Gasteiger charge is 2.20. The van der Waals surface area contributed by atoms with E-state index in [0.29, 0.717) is 13.0 Å². The van der Waals surface area contributed by atoms with Crippen molar-refractivity contribution in [2.24, 2.45) is 5.73 Å². The Morgan fingerprint density at radius 1 is 1.33 bits per heavy atom. The number of rotatable bonds is 8. The SMILES string of the molecule is CCC(N)(CC)CNC(=O)Cc1cccc(OC(C)C)c1. The summed E-state index contributed by atoms with van der Waals surface area (Å²) < 4.78 is 5.63. The van der Waals surface area contributed by atoms with Crippen LogP contribution in [-0.4, -0.2) is 24.1 Å². The fourth-order valence-corrected chi connectivity index (χ4v) is 2.02. The molecule has 118 valence electrons. The summed E-state index contributed by atoms with van der Waals surface area (Å²) in [5, 5.41) is 2.93. The van der Waals surface area contributed by atoms with E-state index in [-0.39, 0.29) is 17.6 Å². The van der Waals surface area contributed by atoms with Crippen LogP contribution in [0, 0.1) is 0 Å². The topological polar surface area (TPSA) is 64.3 Å². The van der Waals surface area contributed by atoms with Gasteiger partial charge in [-0.2, -0.15) is 0 Å². The molecule has 0 saturated carbocycles. The molecule has 1 aromatic rings. The highest BCUT2D eigenvalue weighted by Crippen LogP contribution is 2.15. The third-order valence-corrected chi connectivity index (χ3v) is 3.68. The zero-order chi connectivity index (χ0) is 15.9. The lowest BCUT2D eigenvalue weighted by Gasteiger charge is -2.26. The van der Waals surface area contributed by atoms with Crippen molar-refractivity contribution < 1.29 is 9.53 Å². The molecular weight excluding hydrogens is 264 g/mol. The van der Waals surface area contributed by atoms with Crippen molar-refractivity contribution >= 4 is 5.91 Å². The quantitative estimate of drug-likeness (QED) is 0.774. The lowest BCUT2D eigenvalue weighted by atomic mass is 9.94. The van der Waals surface area contributed by atoms with Gasteiger partial charge in [0.05, 0.1) is 12.5 Å². The van der Waals surface area contributed by atoms with Crippen LogP contribution in [0.3, 0.4) is 0 Å². The van der Waals surface area contributed by atoms with Gasteiger partial charge in [-0.25, -0.2) is 0 Å². The number of nitrogens with one attached hydrogen (secondary N) is 1. The zero-order valence-corrected chi connectivity index (χ0v) is 13.6. The van der Waals surface area contributed by atoms with Crippen molar-refractivity contribution in [1.29, 1.82) is 0 Å². The van der Waals surface area contributed by atoms with E-state index in [1.807, 2.05) is 52.0 Å². The van der Waals surface area contributed by atoms with Gasteiger partial charge in [0.1, 0.15) is 5.75 Å². The Kier molecular flexibility index (Phi) is 6.69. The Morgan fingerprint density at radius 3 is 2.57 bits per heavy atom. The molecule has 4 nitrogen and oxygen atoms in total. The second kappa shape index (κ2) is 8.03. The number of carbonyl (C=O) groups excluding carboxylic acids is 1. The molecule has 3 N–H and O–H groups in total. The van der Waals surface area contributed by atoms with E-state index in [4.69, 9.17) is 10.5 Å². The molecule has 0 unspecified atom stereocenters. The van der Waals surface area contributed by atoms with Crippen molar-refractivity contribution in [2.75, 3.05) is 6.54 Å². The Bertz CT molecular complexity index is 454. The molecule has 1 amide bonds. The van der Waals surface area contributed by atoms with E-state index in [1.54, 1.807) is 0 Å². The van der Waals surface area contributed by atoms with Gasteiger partial charge in [0.15, 0.2) is 0 Å². The molecule has 0 atom stereocenters. The average Bonchev–Trinajstić information content (AvgIpc) is 2.44. The minimum absolute atomic E-state index is 0.00609. The van der Waals surface area contributed by atoms with E-state index in [2.05, 4.69) is 5.32 Å². The minimum Gasteiger partial charge on any atom is -0.491 e. The summed E-state index contributed by atoms with van der Waals surface area (Å²) in [6.45, 7) is 8.57. The molecule has 0 aliphatic rings. The van der Waals surface area contributed by atoms with Crippen molar-refractivity contribution in [3.63, 3.8) is 0 Å². The normalized spacial score (nSPS) is 11.5. The summed E-state index contributed by atoms with van der Waals surface area (Å²) in [6.07, 6.45) is 2.17. The molecular formula is C17H28N2O2. The minimum atomic E-state index is -0.307. The molecule has 0 aliphatic heterocycles. The fraction of sp³-hybridized carbons (Fsp3) is 0.588. The molecule has 0 radical (unpaired) electrons. The van der Waals surface area contributed by atoms with E-state index < -0.39 is 0 Å². The molecule has 0 heterocycles. The Morgan fingerprint density at radius 2 is 2.00 bits per heavy atom. The molecule has 4 heteroatoms. The van der Waals surface area contributed by atoms with Gasteiger partial charge in [0.25, 0.3) is 0 Å². The maximum Gasteiger partial charge on any atom is 0.224 e.